The molecule has 0 fully saturated rings. The van der Waals surface area contributed by atoms with Crippen molar-refractivity contribution in [3.8, 4) is 0 Å². The van der Waals surface area contributed by atoms with E-state index in [1.165, 1.54) is 27.8 Å². The number of hydrogen-bond donors (Lipinski definition) is 0. The Morgan fingerprint density at radius 1 is 1.03 bits per heavy atom. The minimum atomic E-state index is -0.0883. The summed E-state index contributed by atoms with van der Waals surface area (Å²) in [5.74, 6) is -0.133. The molecule has 154 valence electrons. The lowest BCUT2D eigenvalue weighted by atomic mass is 9.93. The van der Waals surface area contributed by atoms with Crippen LogP contribution in [0, 0.1) is 5.92 Å². The van der Waals surface area contributed by atoms with Crippen LogP contribution in [0.5, 0.6) is 0 Å². The van der Waals surface area contributed by atoms with Gasteiger partial charge in [0.15, 0.2) is 0 Å². The van der Waals surface area contributed by atoms with Gasteiger partial charge in [0.1, 0.15) is 0 Å². The lowest BCUT2D eigenvalue weighted by Crippen LogP contribution is -2.25. The van der Waals surface area contributed by atoms with Crippen molar-refractivity contribution in [2.75, 3.05) is 26.7 Å². The number of nitrogens with zero attached hydrogens (tertiary/aromatic N) is 1. The first-order valence-corrected chi connectivity index (χ1v) is 10.8. The Labute approximate surface area is 175 Å². The first-order valence-electron chi connectivity index (χ1n) is 10.8. The molecule has 0 amide bonds. The van der Waals surface area contributed by atoms with Crippen LogP contribution in [0.1, 0.15) is 48.9 Å². The van der Waals surface area contributed by atoms with Crippen LogP contribution in [0.2, 0.25) is 0 Å². The average molecular weight is 392 g/mol. The van der Waals surface area contributed by atoms with E-state index in [1.54, 1.807) is 0 Å². The van der Waals surface area contributed by atoms with Crippen LogP contribution in [0.15, 0.2) is 54.6 Å². The highest BCUT2D eigenvalue weighted by Crippen LogP contribution is 2.33. The van der Waals surface area contributed by atoms with Crippen LogP contribution in [-0.2, 0) is 22.4 Å². The van der Waals surface area contributed by atoms with Crippen molar-refractivity contribution >= 4 is 11.5 Å². The van der Waals surface area contributed by atoms with Gasteiger partial charge in [0.05, 0.1) is 12.5 Å². The van der Waals surface area contributed by atoms with E-state index in [0.717, 1.165) is 38.8 Å². The number of fused-ring (bicyclic) bond motifs is 2. The first-order chi connectivity index (χ1) is 14.1. The van der Waals surface area contributed by atoms with Crippen molar-refractivity contribution in [2.24, 2.45) is 5.92 Å². The van der Waals surface area contributed by atoms with Gasteiger partial charge in [-0.1, -0.05) is 61.5 Å². The molecule has 0 aromatic heterocycles. The van der Waals surface area contributed by atoms with Gasteiger partial charge < -0.3 is 9.64 Å². The summed E-state index contributed by atoms with van der Waals surface area (Å²) in [5.41, 5.74) is 6.98. The molecule has 1 aliphatic carbocycles. The first kappa shape index (κ1) is 21.3. The van der Waals surface area contributed by atoms with E-state index in [0.29, 0.717) is 6.61 Å². The Bertz CT molecular complexity index is 806. The lowest BCUT2D eigenvalue weighted by molar-refractivity contribution is -0.147. The molecule has 2 aromatic rings. The zero-order valence-corrected chi connectivity index (χ0v) is 18.0. The van der Waals surface area contributed by atoms with Crippen molar-refractivity contribution < 1.29 is 9.53 Å². The smallest absolute Gasteiger partial charge is 0.308 e. The van der Waals surface area contributed by atoms with Crippen molar-refractivity contribution in [3.63, 3.8) is 0 Å². The molecule has 1 atom stereocenters. The maximum Gasteiger partial charge on any atom is 0.308 e. The predicted octanol–water partition coefficient (Wildman–Crippen LogP) is 5.13. The average Bonchev–Trinajstić information content (AvgIpc) is 2.89. The second kappa shape index (κ2) is 10.4. The molecule has 0 saturated heterocycles. The van der Waals surface area contributed by atoms with Gasteiger partial charge in [0, 0.05) is 6.54 Å². The fourth-order valence-corrected chi connectivity index (χ4v) is 3.99. The Balaban J connectivity index is 1.66. The van der Waals surface area contributed by atoms with Crippen LogP contribution < -0.4 is 0 Å². The van der Waals surface area contributed by atoms with Gasteiger partial charge in [-0.25, -0.2) is 0 Å². The van der Waals surface area contributed by atoms with E-state index in [4.69, 9.17) is 4.74 Å². The lowest BCUT2D eigenvalue weighted by Gasteiger charge is -2.18. The van der Waals surface area contributed by atoms with Crippen molar-refractivity contribution in [1.82, 2.24) is 4.90 Å². The maximum absolute atomic E-state index is 11.8. The normalized spacial score (nSPS) is 14.0. The topological polar surface area (TPSA) is 29.5 Å². The highest BCUT2D eigenvalue weighted by atomic mass is 16.5. The van der Waals surface area contributed by atoms with Crippen LogP contribution >= 0.6 is 0 Å². The second-order valence-corrected chi connectivity index (χ2v) is 7.97. The van der Waals surface area contributed by atoms with Gasteiger partial charge in [0.25, 0.3) is 0 Å². The Kier molecular flexibility index (Phi) is 7.65. The molecule has 0 N–H and O–H groups in total. The van der Waals surface area contributed by atoms with Crippen molar-refractivity contribution in [1.29, 1.82) is 0 Å². The summed E-state index contributed by atoms with van der Waals surface area (Å²) in [6, 6.07) is 17.6. The molecule has 1 aliphatic rings. The molecule has 0 heterocycles. The van der Waals surface area contributed by atoms with E-state index >= 15 is 0 Å². The molecule has 3 nitrogen and oxygen atoms in total. The van der Waals surface area contributed by atoms with E-state index in [1.807, 2.05) is 13.8 Å². The van der Waals surface area contributed by atoms with Crippen LogP contribution in [-0.4, -0.2) is 37.6 Å². The molecule has 29 heavy (non-hydrogen) atoms. The molecule has 3 rings (SSSR count). The zero-order valence-electron chi connectivity index (χ0n) is 18.0. The third-order valence-corrected chi connectivity index (χ3v) is 5.77. The summed E-state index contributed by atoms with van der Waals surface area (Å²) >= 11 is 0. The molecule has 1 unspecified atom stereocenters. The molecule has 0 aliphatic heterocycles. The van der Waals surface area contributed by atoms with Crippen molar-refractivity contribution in [3.05, 3.63) is 76.9 Å². The molecule has 0 bridgehead atoms. The third kappa shape index (κ3) is 5.57. The molecular formula is C26H33NO2. The molecule has 0 spiro atoms. The van der Waals surface area contributed by atoms with Gasteiger partial charge in [-0.2, -0.15) is 0 Å². The molecule has 0 radical (unpaired) electrons. The van der Waals surface area contributed by atoms with E-state index < -0.39 is 0 Å². The highest BCUT2D eigenvalue weighted by molar-refractivity contribution is 5.83. The van der Waals surface area contributed by atoms with E-state index in [-0.39, 0.29) is 11.9 Å². The van der Waals surface area contributed by atoms with Crippen LogP contribution in [0.3, 0.4) is 0 Å². The minimum Gasteiger partial charge on any atom is -0.466 e. The quantitative estimate of drug-likeness (QED) is 0.584. The number of carbonyl (C=O) groups excluding carboxylic acids is 1. The van der Waals surface area contributed by atoms with Crippen LogP contribution in [0.4, 0.5) is 0 Å². The monoisotopic (exact) mass is 391 g/mol. The molecule has 3 heteroatoms. The standard InChI is InChI=1S/C26H33NO2/c1-4-29-26(28)20(2)17-19-27(3)18-9-14-25-23-12-7-5-10-21(23)15-16-22-11-6-8-13-24(22)25/h5-8,10-14,20H,4,9,15-19H2,1-3H3. The number of ether oxygens (including phenoxy) is 1. The summed E-state index contributed by atoms with van der Waals surface area (Å²) in [5, 5.41) is 0. The number of esters is 1. The fourth-order valence-electron chi connectivity index (χ4n) is 3.99. The summed E-state index contributed by atoms with van der Waals surface area (Å²) < 4.78 is 5.11. The van der Waals surface area contributed by atoms with Gasteiger partial charge in [-0.3, -0.25) is 4.79 Å². The van der Waals surface area contributed by atoms with Crippen LogP contribution in [0.25, 0.3) is 5.57 Å². The molecule has 2 aromatic carbocycles. The summed E-state index contributed by atoms with van der Waals surface area (Å²) in [7, 11) is 2.13. The third-order valence-electron chi connectivity index (χ3n) is 5.77. The van der Waals surface area contributed by atoms with Gasteiger partial charge in [0.2, 0.25) is 0 Å². The number of rotatable bonds is 8. The Hall–Kier alpha value is -2.39. The van der Waals surface area contributed by atoms with Gasteiger partial charge in [-0.15, -0.1) is 0 Å². The fraction of sp³-hybridized carbons (Fsp3) is 0.423. The molecule has 0 saturated carbocycles. The number of benzene rings is 2. The zero-order chi connectivity index (χ0) is 20.6. The molecular weight excluding hydrogens is 358 g/mol. The summed E-state index contributed by atoms with van der Waals surface area (Å²) in [6.07, 6.45) is 6.40. The predicted molar refractivity (Wildman–Crippen MR) is 120 cm³/mol. The largest absolute Gasteiger partial charge is 0.466 e. The highest BCUT2D eigenvalue weighted by Gasteiger charge is 2.17. The van der Waals surface area contributed by atoms with Gasteiger partial charge in [-0.05, 0) is 74.0 Å². The van der Waals surface area contributed by atoms with Crippen molar-refractivity contribution in [2.45, 2.75) is 39.5 Å². The number of carbonyl (C=O) groups is 1. The SMILES string of the molecule is CCOC(=O)C(C)CCN(C)CCC=C1c2ccccc2CCc2ccccc21. The minimum absolute atomic E-state index is 0.0450. The summed E-state index contributed by atoms with van der Waals surface area (Å²) in [4.78, 5) is 14.1. The van der Waals surface area contributed by atoms with E-state index in [2.05, 4.69) is 66.6 Å². The second-order valence-electron chi connectivity index (χ2n) is 7.97. The maximum atomic E-state index is 11.8. The summed E-state index contributed by atoms with van der Waals surface area (Å²) in [6.45, 7) is 6.14. The van der Waals surface area contributed by atoms with E-state index in [9.17, 15) is 4.79 Å². The number of aryl methyl sites for hydroxylation is 2. The Morgan fingerprint density at radius 2 is 1.62 bits per heavy atom. The number of hydrogen-bond acceptors (Lipinski definition) is 3. The van der Waals surface area contributed by atoms with Gasteiger partial charge >= 0.3 is 5.97 Å². The Morgan fingerprint density at radius 3 is 2.21 bits per heavy atom.